The summed E-state index contributed by atoms with van der Waals surface area (Å²) in [5, 5.41) is 1.04. The van der Waals surface area contributed by atoms with Gasteiger partial charge in [0.2, 0.25) is 0 Å². The van der Waals surface area contributed by atoms with Gasteiger partial charge >= 0.3 is 0 Å². The predicted molar refractivity (Wildman–Crippen MR) is 112 cm³/mol. The number of fused-ring (bicyclic) bond motifs is 1. The monoisotopic (exact) mass is 408 g/mol. The van der Waals surface area contributed by atoms with Crippen molar-refractivity contribution < 1.29 is 8.78 Å². The second-order valence-corrected chi connectivity index (χ2v) is 7.76. The lowest BCUT2D eigenvalue weighted by Crippen LogP contribution is -2.24. The molecule has 0 aliphatic rings. The minimum absolute atomic E-state index is 0.141. The van der Waals surface area contributed by atoms with Gasteiger partial charge in [-0.1, -0.05) is 59.8 Å². The molecule has 0 aliphatic heterocycles. The van der Waals surface area contributed by atoms with Crippen LogP contribution < -0.4 is 5.56 Å². The molecular formula is C23H18F2N2OS. The standard InChI is InChI=1S/C23H18F2N2OS/c1-15-6-8-16(9-7-15)13-27-22(28)19-4-2-3-5-21(19)26-23(27)29-14-17-10-11-18(24)12-20(17)25/h2-12H,13-14H2,1H3. The maximum absolute atomic E-state index is 14.0. The van der Waals surface area contributed by atoms with E-state index in [1.807, 2.05) is 43.3 Å². The van der Waals surface area contributed by atoms with Crippen molar-refractivity contribution in [2.24, 2.45) is 0 Å². The van der Waals surface area contributed by atoms with Gasteiger partial charge < -0.3 is 0 Å². The van der Waals surface area contributed by atoms with Crippen molar-refractivity contribution in [1.82, 2.24) is 9.55 Å². The van der Waals surface area contributed by atoms with E-state index in [9.17, 15) is 13.6 Å². The fourth-order valence-electron chi connectivity index (χ4n) is 3.05. The minimum atomic E-state index is -0.614. The molecule has 6 heteroatoms. The molecule has 4 aromatic rings. The van der Waals surface area contributed by atoms with Crippen LogP contribution >= 0.6 is 11.8 Å². The summed E-state index contributed by atoms with van der Waals surface area (Å²) in [5.74, 6) is -0.979. The lowest BCUT2D eigenvalue weighted by atomic mass is 10.1. The number of rotatable bonds is 5. The van der Waals surface area contributed by atoms with Crippen LogP contribution in [0.1, 0.15) is 16.7 Å². The summed E-state index contributed by atoms with van der Waals surface area (Å²) in [6, 6.07) is 18.6. The second kappa shape index (κ2) is 8.17. The number of aryl methyl sites for hydroxylation is 1. The van der Waals surface area contributed by atoms with Crippen molar-refractivity contribution in [3.63, 3.8) is 0 Å². The zero-order valence-electron chi connectivity index (χ0n) is 15.7. The summed E-state index contributed by atoms with van der Waals surface area (Å²) < 4.78 is 28.8. The Balaban J connectivity index is 1.74. The molecule has 0 radical (unpaired) electrons. The average molecular weight is 408 g/mol. The molecule has 0 bridgehead atoms. The Kier molecular flexibility index (Phi) is 5.45. The highest BCUT2D eigenvalue weighted by molar-refractivity contribution is 7.98. The molecule has 0 N–H and O–H groups in total. The van der Waals surface area contributed by atoms with Crippen molar-refractivity contribution >= 4 is 22.7 Å². The summed E-state index contributed by atoms with van der Waals surface area (Å²) in [6.45, 7) is 2.37. The third kappa shape index (κ3) is 4.22. The van der Waals surface area contributed by atoms with Crippen molar-refractivity contribution in [3.8, 4) is 0 Å². The summed E-state index contributed by atoms with van der Waals surface area (Å²) in [4.78, 5) is 17.8. The van der Waals surface area contributed by atoms with Gasteiger partial charge in [-0.3, -0.25) is 9.36 Å². The van der Waals surface area contributed by atoms with Crippen LogP contribution in [0.3, 0.4) is 0 Å². The van der Waals surface area contributed by atoms with Gasteiger partial charge in [-0.2, -0.15) is 0 Å². The fraction of sp³-hybridized carbons (Fsp3) is 0.130. The molecule has 3 aromatic carbocycles. The third-order valence-electron chi connectivity index (χ3n) is 4.66. The SMILES string of the molecule is Cc1ccc(Cn2c(SCc3ccc(F)cc3F)nc3ccccc3c2=O)cc1. The van der Waals surface area contributed by atoms with E-state index in [1.165, 1.54) is 23.9 Å². The van der Waals surface area contributed by atoms with Crippen LogP contribution in [0, 0.1) is 18.6 Å². The Bertz CT molecular complexity index is 1240. The second-order valence-electron chi connectivity index (χ2n) is 6.81. The molecule has 4 rings (SSSR count). The number of para-hydroxylation sites is 1. The zero-order valence-corrected chi connectivity index (χ0v) is 16.5. The zero-order chi connectivity index (χ0) is 20.4. The Morgan fingerprint density at radius 2 is 1.76 bits per heavy atom. The van der Waals surface area contributed by atoms with Gasteiger partial charge in [-0.25, -0.2) is 13.8 Å². The first kappa shape index (κ1) is 19.3. The van der Waals surface area contributed by atoms with Crippen LogP contribution in [-0.2, 0) is 12.3 Å². The maximum atomic E-state index is 14.0. The molecular weight excluding hydrogens is 390 g/mol. The van der Waals surface area contributed by atoms with Crippen LogP contribution in [0.25, 0.3) is 10.9 Å². The molecule has 0 unspecified atom stereocenters. The van der Waals surface area contributed by atoms with Gasteiger partial charge in [0.25, 0.3) is 5.56 Å². The number of hydrogen-bond donors (Lipinski definition) is 0. The maximum Gasteiger partial charge on any atom is 0.262 e. The third-order valence-corrected chi connectivity index (χ3v) is 5.68. The van der Waals surface area contributed by atoms with E-state index in [0.29, 0.717) is 28.2 Å². The van der Waals surface area contributed by atoms with Crippen molar-refractivity contribution in [3.05, 3.63) is 105 Å². The van der Waals surface area contributed by atoms with Crippen LogP contribution in [0.2, 0.25) is 0 Å². The topological polar surface area (TPSA) is 34.9 Å². The predicted octanol–water partition coefficient (Wildman–Crippen LogP) is 5.32. The molecule has 0 fully saturated rings. The summed E-state index contributed by atoms with van der Waals surface area (Å²) in [7, 11) is 0. The summed E-state index contributed by atoms with van der Waals surface area (Å²) >= 11 is 1.26. The first-order valence-electron chi connectivity index (χ1n) is 9.13. The number of thioether (sulfide) groups is 1. The molecule has 29 heavy (non-hydrogen) atoms. The number of hydrogen-bond acceptors (Lipinski definition) is 3. The smallest absolute Gasteiger partial charge is 0.262 e. The molecule has 1 aromatic heterocycles. The van der Waals surface area contributed by atoms with Crippen LogP contribution in [0.15, 0.2) is 76.7 Å². The van der Waals surface area contributed by atoms with E-state index in [0.717, 1.165) is 17.2 Å². The molecule has 0 saturated carbocycles. The number of benzene rings is 3. The van der Waals surface area contributed by atoms with Crippen LogP contribution in [-0.4, -0.2) is 9.55 Å². The van der Waals surface area contributed by atoms with E-state index in [2.05, 4.69) is 4.98 Å². The van der Waals surface area contributed by atoms with E-state index in [-0.39, 0.29) is 11.3 Å². The summed E-state index contributed by atoms with van der Waals surface area (Å²) in [6.07, 6.45) is 0. The highest BCUT2D eigenvalue weighted by Crippen LogP contribution is 2.24. The van der Waals surface area contributed by atoms with E-state index in [1.54, 1.807) is 16.7 Å². The van der Waals surface area contributed by atoms with E-state index in [4.69, 9.17) is 0 Å². The molecule has 146 valence electrons. The average Bonchev–Trinajstić information content (AvgIpc) is 2.71. The highest BCUT2D eigenvalue weighted by atomic mass is 32.2. The molecule has 0 aliphatic carbocycles. The highest BCUT2D eigenvalue weighted by Gasteiger charge is 2.13. The molecule has 0 amide bonds. The Morgan fingerprint density at radius 1 is 1.00 bits per heavy atom. The van der Waals surface area contributed by atoms with Gasteiger partial charge in [-0.15, -0.1) is 0 Å². The minimum Gasteiger partial charge on any atom is -0.283 e. The Morgan fingerprint density at radius 3 is 2.52 bits per heavy atom. The normalized spacial score (nSPS) is 11.1. The quantitative estimate of drug-likeness (QED) is 0.331. The Hall–Kier alpha value is -2.99. The Labute approximate surface area is 171 Å². The van der Waals surface area contributed by atoms with Gasteiger partial charge in [0.15, 0.2) is 5.16 Å². The summed E-state index contributed by atoms with van der Waals surface area (Å²) in [5.41, 5.74) is 2.93. The first-order valence-corrected chi connectivity index (χ1v) is 10.1. The molecule has 3 nitrogen and oxygen atoms in total. The lowest BCUT2D eigenvalue weighted by Gasteiger charge is -2.14. The van der Waals surface area contributed by atoms with Crippen molar-refractivity contribution in [2.45, 2.75) is 24.4 Å². The number of aromatic nitrogens is 2. The van der Waals surface area contributed by atoms with E-state index < -0.39 is 11.6 Å². The van der Waals surface area contributed by atoms with Gasteiger partial charge in [0.1, 0.15) is 11.6 Å². The van der Waals surface area contributed by atoms with Crippen LogP contribution in [0.5, 0.6) is 0 Å². The van der Waals surface area contributed by atoms with E-state index >= 15 is 0 Å². The number of nitrogens with zero attached hydrogens (tertiary/aromatic N) is 2. The number of halogens is 2. The van der Waals surface area contributed by atoms with Crippen molar-refractivity contribution in [1.29, 1.82) is 0 Å². The largest absolute Gasteiger partial charge is 0.283 e. The fourth-order valence-corrected chi connectivity index (χ4v) is 4.04. The van der Waals surface area contributed by atoms with Gasteiger partial charge in [0, 0.05) is 11.8 Å². The first-order chi connectivity index (χ1) is 14.0. The van der Waals surface area contributed by atoms with Gasteiger partial charge in [0.05, 0.1) is 17.4 Å². The molecule has 0 saturated heterocycles. The van der Waals surface area contributed by atoms with Crippen molar-refractivity contribution in [2.75, 3.05) is 0 Å². The molecule has 1 heterocycles. The van der Waals surface area contributed by atoms with Gasteiger partial charge in [-0.05, 0) is 36.2 Å². The lowest BCUT2D eigenvalue weighted by molar-refractivity contribution is 0.576. The molecule has 0 spiro atoms. The molecule has 0 atom stereocenters. The van der Waals surface area contributed by atoms with Crippen LogP contribution in [0.4, 0.5) is 8.78 Å².